The summed E-state index contributed by atoms with van der Waals surface area (Å²) in [5, 5.41) is 13.9. The predicted octanol–water partition coefficient (Wildman–Crippen LogP) is 6.05. The van der Waals surface area contributed by atoms with Gasteiger partial charge in [0, 0.05) is 52.4 Å². The van der Waals surface area contributed by atoms with E-state index < -0.39 is 78.7 Å². The Kier molecular flexibility index (Phi) is 20.6. The SMILES string of the molecule is CC[C@H]1O[C@@H](n2ccc(/N=C\N(C)C)nc2=O)[C@@H](OCCCCCCNC(=O)CCCCO[C@@H]2O[C@H](COC(=O)c3ccccc3)[C@H](OC(=O)c3ccccc3)[C@H](OC(=O)c3ccccc3)[C@H]2C)C1O. The molecule has 0 saturated carbocycles. The number of rotatable bonds is 25. The molecule has 0 radical (unpaired) electrons. The van der Waals surface area contributed by atoms with Gasteiger partial charge in [0.2, 0.25) is 5.91 Å². The molecule has 2 aliphatic rings. The Morgan fingerprint density at radius 1 is 0.743 bits per heavy atom. The lowest BCUT2D eigenvalue weighted by atomic mass is 9.91. The molecule has 9 atom stereocenters. The molecule has 1 unspecified atom stereocenters. The molecular formula is C52H65N5O13. The first-order valence-corrected chi connectivity index (χ1v) is 24.0. The third-order valence-electron chi connectivity index (χ3n) is 11.8. The van der Waals surface area contributed by atoms with E-state index in [1.165, 1.54) is 4.57 Å². The minimum atomic E-state index is -1.19. The monoisotopic (exact) mass is 967 g/mol. The van der Waals surface area contributed by atoms with E-state index in [9.17, 15) is 29.1 Å². The number of aliphatic imine (C=N–C) groups is 1. The van der Waals surface area contributed by atoms with Crippen LogP contribution in [0, 0.1) is 5.92 Å². The van der Waals surface area contributed by atoms with Gasteiger partial charge in [0.15, 0.2) is 24.4 Å². The zero-order valence-corrected chi connectivity index (χ0v) is 40.2. The largest absolute Gasteiger partial charge is 0.459 e. The van der Waals surface area contributed by atoms with Crippen molar-refractivity contribution in [3.05, 3.63) is 130 Å². The molecule has 2 aliphatic heterocycles. The third kappa shape index (κ3) is 15.3. The van der Waals surface area contributed by atoms with E-state index in [4.69, 9.17) is 33.2 Å². The molecule has 18 heteroatoms. The molecule has 1 aromatic heterocycles. The number of ether oxygens (including phenoxy) is 7. The first-order chi connectivity index (χ1) is 33.9. The van der Waals surface area contributed by atoms with Crippen molar-refractivity contribution in [1.29, 1.82) is 0 Å². The second-order valence-corrected chi connectivity index (χ2v) is 17.4. The predicted molar refractivity (Wildman–Crippen MR) is 257 cm³/mol. The van der Waals surface area contributed by atoms with Gasteiger partial charge in [0.05, 0.1) is 29.1 Å². The maximum atomic E-state index is 13.5. The van der Waals surface area contributed by atoms with Gasteiger partial charge < -0.3 is 48.5 Å². The van der Waals surface area contributed by atoms with Crippen LogP contribution in [-0.4, -0.2) is 133 Å². The Morgan fingerprint density at radius 2 is 1.33 bits per heavy atom. The first kappa shape index (κ1) is 53.0. The molecule has 2 saturated heterocycles. The highest BCUT2D eigenvalue weighted by Crippen LogP contribution is 2.34. The van der Waals surface area contributed by atoms with Crippen LogP contribution in [0.3, 0.4) is 0 Å². The lowest BCUT2D eigenvalue weighted by Gasteiger charge is -2.44. The van der Waals surface area contributed by atoms with Crippen molar-refractivity contribution in [1.82, 2.24) is 19.8 Å². The molecular weight excluding hydrogens is 903 g/mol. The third-order valence-corrected chi connectivity index (χ3v) is 11.8. The van der Waals surface area contributed by atoms with Gasteiger partial charge in [-0.05, 0) is 74.6 Å². The molecule has 18 nitrogen and oxygen atoms in total. The van der Waals surface area contributed by atoms with Crippen molar-refractivity contribution in [3.8, 4) is 0 Å². The van der Waals surface area contributed by atoms with Crippen LogP contribution >= 0.6 is 0 Å². The second kappa shape index (κ2) is 27.2. The number of amides is 1. The number of hydrogen-bond donors (Lipinski definition) is 2. The van der Waals surface area contributed by atoms with E-state index in [-0.39, 0.29) is 36.9 Å². The number of aliphatic hydroxyl groups excluding tert-OH is 1. The van der Waals surface area contributed by atoms with E-state index in [1.807, 2.05) is 21.0 Å². The first-order valence-electron chi connectivity index (χ1n) is 24.0. The molecule has 6 rings (SSSR count). The number of carbonyl (C=O) groups is 4. The molecule has 2 N–H and O–H groups in total. The molecule has 3 heterocycles. The topological polar surface area (TPSA) is 216 Å². The van der Waals surface area contributed by atoms with Crippen molar-refractivity contribution < 1.29 is 57.4 Å². The van der Waals surface area contributed by atoms with E-state index in [0.717, 1.165) is 19.3 Å². The molecule has 4 aromatic rings. The highest BCUT2D eigenvalue weighted by Gasteiger charge is 2.50. The van der Waals surface area contributed by atoms with E-state index in [0.29, 0.717) is 50.0 Å². The number of aromatic nitrogens is 2. The van der Waals surface area contributed by atoms with E-state index >= 15 is 0 Å². The summed E-state index contributed by atoms with van der Waals surface area (Å²) in [6.45, 7) is 4.39. The smallest absolute Gasteiger partial charge is 0.351 e. The van der Waals surface area contributed by atoms with Crippen molar-refractivity contribution in [2.75, 3.05) is 40.5 Å². The van der Waals surface area contributed by atoms with Gasteiger partial charge in [-0.2, -0.15) is 4.98 Å². The zero-order valence-electron chi connectivity index (χ0n) is 40.2. The van der Waals surface area contributed by atoms with Crippen LogP contribution in [0.15, 0.2) is 113 Å². The number of nitrogens with zero attached hydrogens (tertiary/aromatic N) is 4. The van der Waals surface area contributed by atoms with Gasteiger partial charge >= 0.3 is 23.6 Å². The van der Waals surface area contributed by atoms with Crippen molar-refractivity contribution >= 4 is 36.0 Å². The summed E-state index contributed by atoms with van der Waals surface area (Å²) in [4.78, 5) is 75.6. The quantitative estimate of drug-likeness (QED) is 0.0254. The van der Waals surface area contributed by atoms with E-state index in [1.54, 1.807) is 121 Å². The second-order valence-electron chi connectivity index (χ2n) is 17.4. The summed E-state index contributed by atoms with van der Waals surface area (Å²) in [5.41, 5.74) is 0.330. The van der Waals surface area contributed by atoms with Gasteiger partial charge in [0.25, 0.3) is 0 Å². The highest BCUT2D eigenvalue weighted by atomic mass is 16.7. The average molecular weight is 968 g/mol. The van der Waals surface area contributed by atoms with Crippen LogP contribution in [0.2, 0.25) is 0 Å². The Morgan fingerprint density at radius 3 is 1.94 bits per heavy atom. The average Bonchev–Trinajstić information content (AvgIpc) is 3.69. The van der Waals surface area contributed by atoms with E-state index in [2.05, 4.69) is 15.3 Å². The Labute approximate surface area is 408 Å². The standard InChI is InChI=1S/C52H65N5O13/c1-5-39-43(59)46(47(67-39)57-30-28-41(55-52(57)63)54-34-56(3)4)64-31-19-7-6-18-29-53-42(58)27-17-20-32-65-51-35(2)44(69-49(61)37-23-13-9-14-24-37)45(70-50(62)38-25-15-10-16-26-38)40(68-51)33-66-48(60)36-21-11-8-12-22-36/h8-16,21-26,28,30,34-35,39-40,43-47,51,59H,5-7,17-20,27,29,31-33H2,1-4H3,(H,53,58)/b54-34-/t35-,39-,40-,43?,44-,45+,46+,47-,51-/m1/s1. The number of esters is 3. The van der Waals surface area contributed by atoms with Crippen LogP contribution in [-0.2, 0) is 38.0 Å². The molecule has 0 aliphatic carbocycles. The fraction of sp³-hybridized carbons (Fsp3) is 0.481. The maximum absolute atomic E-state index is 13.5. The summed E-state index contributed by atoms with van der Waals surface area (Å²) >= 11 is 0. The fourth-order valence-corrected chi connectivity index (χ4v) is 8.04. The highest BCUT2D eigenvalue weighted by molar-refractivity contribution is 5.91. The van der Waals surface area contributed by atoms with Crippen molar-refractivity contribution in [3.63, 3.8) is 0 Å². The Balaban J connectivity index is 0.946. The summed E-state index contributed by atoms with van der Waals surface area (Å²) in [6.07, 6.45) is 0.852. The summed E-state index contributed by atoms with van der Waals surface area (Å²) < 4.78 is 43.8. The van der Waals surface area contributed by atoms with Gasteiger partial charge in [-0.1, -0.05) is 81.3 Å². The van der Waals surface area contributed by atoms with Crippen LogP contribution in [0.4, 0.5) is 5.82 Å². The maximum Gasteiger partial charge on any atom is 0.351 e. The van der Waals surface area contributed by atoms with Crippen LogP contribution in [0.25, 0.3) is 0 Å². The van der Waals surface area contributed by atoms with Gasteiger partial charge in [-0.15, -0.1) is 0 Å². The normalized spacial score (nSPS) is 23.1. The van der Waals surface area contributed by atoms with Crippen LogP contribution in [0.1, 0.15) is 103 Å². The lowest BCUT2D eigenvalue weighted by molar-refractivity contribution is -0.281. The van der Waals surface area contributed by atoms with Gasteiger partial charge in [-0.3, -0.25) is 9.36 Å². The van der Waals surface area contributed by atoms with Crippen molar-refractivity contribution in [2.45, 2.75) is 114 Å². The summed E-state index contributed by atoms with van der Waals surface area (Å²) in [7, 11) is 3.63. The molecule has 2 fully saturated rings. The molecule has 0 bridgehead atoms. The Bertz CT molecular complexity index is 2350. The molecule has 3 aromatic carbocycles. The number of nitrogens with one attached hydrogen (secondary N) is 1. The number of unbranched alkanes of at least 4 members (excludes halogenated alkanes) is 4. The summed E-state index contributed by atoms with van der Waals surface area (Å²) in [5.74, 6) is -2.41. The molecule has 1 amide bonds. The summed E-state index contributed by atoms with van der Waals surface area (Å²) in [6, 6.07) is 26.8. The zero-order chi connectivity index (χ0) is 49.8. The van der Waals surface area contributed by atoms with Crippen LogP contribution < -0.4 is 11.0 Å². The molecule has 0 spiro atoms. The lowest BCUT2D eigenvalue weighted by Crippen LogP contribution is -2.58. The minimum absolute atomic E-state index is 0.0871. The van der Waals surface area contributed by atoms with Gasteiger partial charge in [0.1, 0.15) is 31.0 Å². The minimum Gasteiger partial charge on any atom is -0.459 e. The number of carbonyl (C=O) groups excluding carboxylic acids is 4. The number of hydrogen-bond acceptors (Lipinski definition) is 15. The van der Waals surface area contributed by atoms with Crippen LogP contribution in [0.5, 0.6) is 0 Å². The Hall–Kier alpha value is -6.31. The van der Waals surface area contributed by atoms with Crippen molar-refractivity contribution in [2.24, 2.45) is 10.9 Å². The molecule has 70 heavy (non-hydrogen) atoms. The number of benzene rings is 3. The molecule has 376 valence electrons. The number of aliphatic hydroxyl groups is 1. The van der Waals surface area contributed by atoms with Gasteiger partial charge in [-0.25, -0.2) is 24.2 Å². The fourth-order valence-electron chi connectivity index (χ4n) is 8.04.